The predicted molar refractivity (Wildman–Crippen MR) is 170 cm³/mol. The predicted octanol–water partition coefficient (Wildman–Crippen LogP) is 8.16. The summed E-state index contributed by atoms with van der Waals surface area (Å²) < 4.78 is 5.63. The summed E-state index contributed by atoms with van der Waals surface area (Å²) in [5.41, 5.74) is 5.29. The van der Waals surface area contributed by atoms with Crippen LogP contribution in [0.4, 0.5) is 0 Å². The first kappa shape index (κ1) is 42.0. The Hall–Kier alpha value is -3.13. The van der Waals surface area contributed by atoms with Crippen LogP contribution in [0.3, 0.4) is 0 Å². The molecule has 0 aliphatic carbocycles. The van der Waals surface area contributed by atoms with Gasteiger partial charge in [0.1, 0.15) is 18.6 Å². The van der Waals surface area contributed by atoms with Gasteiger partial charge < -0.3 is 19.5 Å². The van der Waals surface area contributed by atoms with Crippen molar-refractivity contribution in [1.82, 2.24) is 4.90 Å². The number of ether oxygens (including phenoxy) is 1. The second-order valence-corrected chi connectivity index (χ2v) is 7.68. The third kappa shape index (κ3) is 22.1. The van der Waals surface area contributed by atoms with Gasteiger partial charge in [0.15, 0.2) is 0 Å². The van der Waals surface area contributed by atoms with Gasteiger partial charge in [-0.2, -0.15) is 0 Å². The molecule has 0 atom stereocenters. The Kier molecular flexibility index (Phi) is 35.2. The number of rotatable bonds is 10. The van der Waals surface area contributed by atoms with Crippen LogP contribution in [0.2, 0.25) is 0 Å². The van der Waals surface area contributed by atoms with Crippen molar-refractivity contribution in [3.63, 3.8) is 0 Å². The van der Waals surface area contributed by atoms with Crippen molar-refractivity contribution in [2.45, 2.75) is 74.8 Å². The van der Waals surface area contributed by atoms with E-state index in [4.69, 9.17) is 9.84 Å². The van der Waals surface area contributed by atoms with E-state index in [-0.39, 0.29) is 6.61 Å². The molecule has 0 heterocycles. The van der Waals surface area contributed by atoms with Crippen molar-refractivity contribution in [2.75, 3.05) is 26.2 Å². The first-order chi connectivity index (χ1) is 18.4. The molecule has 0 radical (unpaired) electrons. The van der Waals surface area contributed by atoms with Crippen molar-refractivity contribution in [1.29, 1.82) is 0 Å². The smallest absolute Gasteiger partial charge is 0.124 e. The van der Waals surface area contributed by atoms with E-state index in [9.17, 15) is 4.79 Å². The number of aliphatic hydroxyl groups excluding tert-OH is 1. The first-order valence-electron chi connectivity index (χ1n) is 13.4. The van der Waals surface area contributed by atoms with Crippen molar-refractivity contribution in [3.8, 4) is 18.6 Å². The zero-order valence-corrected chi connectivity index (χ0v) is 25.6. The molecule has 0 saturated carbocycles. The molecule has 0 aliphatic rings. The first-order valence-corrected chi connectivity index (χ1v) is 13.4. The molecule has 0 bridgehead atoms. The lowest BCUT2D eigenvalue weighted by atomic mass is 10.00. The summed E-state index contributed by atoms with van der Waals surface area (Å²) in [6.07, 6.45) is 10.7. The molecule has 0 spiro atoms. The molecule has 0 saturated heterocycles. The Labute approximate surface area is 235 Å². The number of terminal acetylenes is 1. The fourth-order valence-electron chi connectivity index (χ4n) is 2.81. The Morgan fingerprint density at radius 2 is 1.58 bits per heavy atom. The minimum absolute atomic E-state index is 0.0627. The van der Waals surface area contributed by atoms with Crippen LogP contribution in [-0.4, -0.2) is 42.5 Å². The molecule has 2 rings (SSSR count). The van der Waals surface area contributed by atoms with Gasteiger partial charge in [0.25, 0.3) is 0 Å². The molecule has 214 valence electrons. The molecule has 2 aromatic rings. The van der Waals surface area contributed by atoms with E-state index in [1.54, 1.807) is 0 Å². The third-order valence-electron chi connectivity index (χ3n) is 4.80. The van der Waals surface area contributed by atoms with Crippen LogP contribution in [-0.2, 0) is 17.8 Å². The van der Waals surface area contributed by atoms with Crippen molar-refractivity contribution in [2.24, 2.45) is 0 Å². The molecule has 0 fully saturated rings. The minimum Gasteiger partial charge on any atom is -0.492 e. The molecular formula is C34H55NO3. The Morgan fingerprint density at radius 1 is 1.03 bits per heavy atom. The van der Waals surface area contributed by atoms with Crippen LogP contribution < -0.4 is 4.74 Å². The maximum absolute atomic E-state index is 10.4. The summed E-state index contributed by atoms with van der Waals surface area (Å²) in [7, 11) is 0. The van der Waals surface area contributed by atoms with Crippen LogP contribution in [0, 0.1) is 19.8 Å². The van der Waals surface area contributed by atoms with Gasteiger partial charge in [-0.05, 0) is 61.3 Å². The fraction of sp³-hybridized carbons (Fsp3) is 0.441. The van der Waals surface area contributed by atoms with Gasteiger partial charge >= 0.3 is 0 Å². The van der Waals surface area contributed by atoms with Gasteiger partial charge in [0.2, 0.25) is 0 Å². The molecular weight excluding hydrogens is 470 g/mol. The van der Waals surface area contributed by atoms with E-state index in [0.29, 0.717) is 13.0 Å². The number of benzene rings is 2. The summed E-state index contributed by atoms with van der Waals surface area (Å²) in [5.74, 6) is 0.832. The number of carbonyl (C=O) groups is 1. The zero-order chi connectivity index (χ0) is 30.4. The lowest BCUT2D eigenvalue weighted by molar-refractivity contribution is -0.107. The maximum Gasteiger partial charge on any atom is 0.124 e. The van der Waals surface area contributed by atoms with Crippen LogP contribution in [0.1, 0.15) is 77.1 Å². The Bertz CT molecular complexity index is 839. The highest BCUT2D eigenvalue weighted by molar-refractivity contribution is 5.64. The van der Waals surface area contributed by atoms with Gasteiger partial charge in [-0.15, -0.1) is 26.0 Å². The normalized spacial score (nSPS) is 8.63. The van der Waals surface area contributed by atoms with E-state index in [0.717, 1.165) is 59.5 Å². The number of aliphatic hydroxyl groups is 1. The fourth-order valence-corrected chi connectivity index (χ4v) is 2.81. The number of aryl methyl sites for hydroxylation is 1. The summed E-state index contributed by atoms with van der Waals surface area (Å²) >= 11 is 0. The second kappa shape index (κ2) is 31.9. The molecule has 0 unspecified atom stereocenters. The maximum atomic E-state index is 10.4. The van der Waals surface area contributed by atoms with Crippen molar-refractivity contribution < 1.29 is 14.6 Å². The number of hydrogen-bond donors (Lipinski definition) is 1. The molecule has 4 heteroatoms. The summed E-state index contributed by atoms with van der Waals surface area (Å²) in [5, 5.41) is 8.99. The number of allylic oxidation sites excluding steroid dienone is 1. The summed E-state index contributed by atoms with van der Waals surface area (Å²) in [4.78, 5) is 12.7. The number of aldehydes is 1. The van der Waals surface area contributed by atoms with E-state index >= 15 is 0 Å². The molecule has 2 aromatic carbocycles. The molecule has 1 N–H and O–H groups in total. The van der Waals surface area contributed by atoms with Gasteiger partial charge in [-0.25, -0.2) is 0 Å². The Morgan fingerprint density at radius 3 is 2.03 bits per heavy atom. The topological polar surface area (TPSA) is 49.8 Å². The zero-order valence-electron chi connectivity index (χ0n) is 25.6. The second-order valence-electron chi connectivity index (χ2n) is 7.68. The minimum atomic E-state index is 0.0627. The quantitative estimate of drug-likeness (QED) is 0.193. The van der Waals surface area contributed by atoms with Gasteiger partial charge in [0.05, 0.1) is 6.61 Å². The standard InChI is InChI=1S/C13H21NO2.C12H14O.C3H8.C2H6.C2H4.C2H2/c1-3-14(4-2)8-9-16-13-7-5-6-12(10-13)11-15;1-9(2)11-5-4-10(3)12(8-11)6-7-13;1-3-2;3*1-2/h5-7,10,15H,3-4,8-9,11H2,1-2H3;4-5,7-8H,1,6H2,2-3H3;3H2,1-2H3;1-2H3;1-2H2;1-2H. The highest BCUT2D eigenvalue weighted by atomic mass is 16.5. The molecule has 38 heavy (non-hydrogen) atoms. The van der Waals surface area contributed by atoms with E-state index in [2.05, 4.69) is 65.2 Å². The molecule has 0 aliphatic heterocycles. The van der Waals surface area contributed by atoms with Crippen LogP contribution in [0.15, 0.2) is 62.2 Å². The van der Waals surface area contributed by atoms with Gasteiger partial charge in [-0.1, -0.05) is 90.4 Å². The van der Waals surface area contributed by atoms with Crippen molar-refractivity contribution in [3.05, 3.63) is 84.5 Å². The van der Waals surface area contributed by atoms with E-state index in [1.807, 2.05) is 70.2 Å². The monoisotopic (exact) mass is 525 g/mol. The molecule has 0 aromatic heterocycles. The largest absolute Gasteiger partial charge is 0.492 e. The van der Waals surface area contributed by atoms with E-state index < -0.39 is 0 Å². The summed E-state index contributed by atoms with van der Waals surface area (Å²) in [6, 6.07) is 13.7. The lowest BCUT2D eigenvalue weighted by Gasteiger charge is -2.18. The van der Waals surface area contributed by atoms with Crippen LogP contribution in [0.25, 0.3) is 5.57 Å². The molecule has 0 amide bonds. The number of nitrogens with zero attached hydrogens (tertiary/aromatic N) is 1. The van der Waals surface area contributed by atoms with Crippen LogP contribution in [0.5, 0.6) is 5.75 Å². The van der Waals surface area contributed by atoms with Crippen LogP contribution >= 0.6 is 0 Å². The van der Waals surface area contributed by atoms with Gasteiger partial charge in [-0.3, -0.25) is 0 Å². The summed E-state index contributed by atoms with van der Waals surface area (Å²) in [6.45, 7) is 30.2. The van der Waals surface area contributed by atoms with Crippen molar-refractivity contribution >= 4 is 11.9 Å². The number of likely N-dealkylation sites (N-methyl/N-ethyl adjacent to an activating group) is 1. The lowest BCUT2D eigenvalue weighted by Crippen LogP contribution is -2.27. The number of carbonyl (C=O) groups excluding carboxylic acids is 1. The SMILES string of the molecule is C#C.C=C.C=C(C)c1ccc(C)c(CC=O)c1.CC.CCC.CCN(CC)CCOc1cccc(CO)c1. The third-order valence-corrected chi connectivity index (χ3v) is 4.80. The Balaban J connectivity index is -0.000000236. The average molecular weight is 526 g/mol. The number of hydrogen-bond acceptors (Lipinski definition) is 4. The highest BCUT2D eigenvalue weighted by Gasteiger charge is 2.01. The average Bonchev–Trinajstić information content (AvgIpc) is 2.96. The van der Waals surface area contributed by atoms with Gasteiger partial charge in [0, 0.05) is 13.0 Å². The molecule has 4 nitrogen and oxygen atoms in total. The highest BCUT2D eigenvalue weighted by Crippen LogP contribution is 2.17. The van der Waals surface area contributed by atoms with E-state index in [1.165, 1.54) is 6.42 Å².